The van der Waals surface area contributed by atoms with E-state index >= 15 is 0 Å². The zero-order chi connectivity index (χ0) is 21.3. The summed E-state index contributed by atoms with van der Waals surface area (Å²) in [4.78, 5) is 19.3. The third-order valence-electron chi connectivity index (χ3n) is 7.24. The van der Waals surface area contributed by atoms with E-state index in [0.29, 0.717) is 23.5 Å². The van der Waals surface area contributed by atoms with Crippen LogP contribution in [0.2, 0.25) is 0 Å². The Morgan fingerprint density at radius 2 is 1.76 bits per heavy atom. The number of phenolic OH excluding ortho intramolecular Hbond substituents is 1. The first-order valence-electron chi connectivity index (χ1n) is 10.2. The second kappa shape index (κ2) is 8.32. The van der Waals surface area contributed by atoms with E-state index in [1.54, 1.807) is 6.07 Å². The van der Waals surface area contributed by atoms with Crippen LogP contribution in [0.15, 0.2) is 18.2 Å². The molecule has 4 rings (SSSR count). The molecule has 0 heterocycles. The van der Waals surface area contributed by atoms with Crippen molar-refractivity contribution >= 4 is 11.9 Å². The summed E-state index contributed by atoms with van der Waals surface area (Å²) in [5.41, 5.74) is 2.57. The summed E-state index contributed by atoms with van der Waals surface area (Å²) in [5, 5.41) is 46.0. The van der Waals surface area contributed by atoms with Gasteiger partial charge in [0, 0.05) is 0 Å². The number of aliphatic carboxylic acids is 2. The number of carboxylic acids is 2. The molecule has 1 aromatic carbocycles. The van der Waals surface area contributed by atoms with Gasteiger partial charge in [0.1, 0.15) is 5.75 Å². The minimum absolute atomic E-state index is 0.116. The standard InChI is InChI=1S/C18H24O3.C4H6O4/c1-18-7-6-13-12-5-3-11(19)8-10(12)2-4-14(13)15(18)9-16(20)17(18)21;5-3(6)1-2-4(7)8/h3,5,8,13-17,19-21H,2,4,6-7,9H2,1H3;1-2H2,(H,5,6)(H,7,8)/t13-,14-,15+,16-,17+,18+;/m1./s1. The van der Waals surface area contributed by atoms with Gasteiger partial charge in [-0.25, -0.2) is 0 Å². The third-order valence-corrected chi connectivity index (χ3v) is 7.24. The van der Waals surface area contributed by atoms with Gasteiger partial charge in [-0.1, -0.05) is 13.0 Å². The van der Waals surface area contributed by atoms with Crippen molar-refractivity contribution in [1.29, 1.82) is 0 Å². The third kappa shape index (κ3) is 4.26. The Hall–Kier alpha value is -2.12. The Kier molecular flexibility index (Phi) is 6.19. The predicted octanol–water partition coefficient (Wildman–Crippen LogP) is 2.52. The minimum Gasteiger partial charge on any atom is -0.508 e. The van der Waals surface area contributed by atoms with Gasteiger partial charge in [0.15, 0.2) is 0 Å². The summed E-state index contributed by atoms with van der Waals surface area (Å²) in [5.74, 6) is -0.278. The number of carboxylic acid groups (broad SMARTS) is 2. The SMILES string of the molecule is C[C@]12CC[C@@H]3c4ccc(O)cc4CC[C@H]3[C@@H]1C[C@@H](O)[C@@H]2O.O=C(O)CCC(=O)O. The van der Waals surface area contributed by atoms with Crippen LogP contribution in [0.1, 0.15) is 62.5 Å². The number of aryl methyl sites for hydroxylation is 1. The maximum absolute atomic E-state index is 10.4. The maximum Gasteiger partial charge on any atom is 0.303 e. The molecule has 7 heteroatoms. The van der Waals surface area contributed by atoms with Gasteiger partial charge in [0.2, 0.25) is 0 Å². The van der Waals surface area contributed by atoms with E-state index in [0.717, 1.165) is 32.1 Å². The van der Waals surface area contributed by atoms with Crippen LogP contribution in [-0.2, 0) is 16.0 Å². The van der Waals surface area contributed by atoms with Crippen molar-refractivity contribution in [1.82, 2.24) is 0 Å². The molecule has 6 atom stereocenters. The summed E-state index contributed by atoms with van der Waals surface area (Å²) >= 11 is 0. The smallest absolute Gasteiger partial charge is 0.303 e. The Balaban J connectivity index is 0.000000258. The first-order valence-corrected chi connectivity index (χ1v) is 10.2. The topological polar surface area (TPSA) is 135 Å². The lowest BCUT2D eigenvalue weighted by molar-refractivity contribution is -0.143. The molecule has 0 amide bonds. The molecule has 2 fully saturated rings. The number of carbonyl (C=O) groups is 2. The highest BCUT2D eigenvalue weighted by atomic mass is 16.4. The lowest BCUT2D eigenvalue weighted by atomic mass is 9.55. The molecular weight excluding hydrogens is 376 g/mol. The van der Waals surface area contributed by atoms with Crippen molar-refractivity contribution in [2.75, 3.05) is 0 Å². The average molecular weight is 406 g/mol. The molecule has 0 saturated heterocycles. The van der Waals surface area contributed by atoms with E-state index in [1.807, 2.05) is 6.07 Å². The number of rotatable bonds is 3. The maximum atomic E-state index is 10.4. The molecule has 160 valence electrons. The zero-order valence-corrected chi connectivity index (χ0v) is 16.6. The van der Waals surface area contributed by atoms with Gasteiger partial charge in [-0.3, -0.25) is 9.59 Å². The molecule has 5 N–H and O–H groups in total. The van der Waals surface area contributed by atoms with Crippen LogP contribution >= 0.6 is 0 Å². The lowest BCUT2D eigenvalue weighted by Gasteiger charge is -2.49. The Labute approximate surface area is 170 Å². The number of benzene rings is 1. The predicted molar refractivity (Wildman–Crippen MR) is 105 cm³/mol. The highest BCUT2D eigenvalue weighted by Crippen LogP contribution is 2.60. The van der Waals surface area contributed by atoms with Crippen LogP contribution in [0, 0.1) is 17.3 Å². The molecule has 0 radical (unpaired) electrons. The van der Waals surface area contributed by atoms with Crippen LogP contribution in [0.5, 0.6) is 5.75 Å². The molecular formula is C22H30O7. The van der Waals surface area contributed by atoms with Crippen LogP contribution in [0.3, 0.4) is 0 Å². The molecule has 0 aromatic heterocycles. The number of aliphatic hydroxyl groups excluding tert-OH is 2. The molecule has 0 bridgehead atoms. The van der Waals surface area contributed by atoms with E-state index in [2.05, 4.69) is 13.0 Å². The van der Waals surface area contributed by atoms with E-state index < -0.39 is 24.1 Å². The molecule has 7 nitrogen and oxygen atoms in total. The van der Waals surface area contributed by atoms with Gasteiger partial charge in [-0.15, -0.1) is 0 Å². The number of aromatic hydroxyl groups is 1. The first-order chi connectivity index (χ1) is 13.6. The molecule has 0 spiro atoms. The normalized spacial score (nSPS) is 34.8. The molecule has 29 heavy (non-hydrogen) atoms. The van der Waals surface area contributed by atoms with Crippen molar-refractivity contribution in [3.63, 3.8) is 0 Å². The van der Waals surface area contributed by atoms with E-state index in [-0.39, 0.29) is 18.3 Å². The monoisotopic (exact) mass is 406 g/mol. The summed E-state index contributed by atoms with van der Waals surface area (Å²) in [6.07, 6.45) is 3.21. The second-order valence-electron chi connectivity index (χ2n) is 8.88. The van der Waals surface area contributed by atoms with E-state index in [9.17, 15) is 24.9 Å². The zero-order valence-electron chi connectivity index (χ0n) is 16.6. The summed E-state index contributed by atoms with van der Waals surface area (Å²) in [7, 11) is 0. The quantitative estimate of drug-likeness (QED) is 0.520. The van der Waals surface area contributed by atoms with Crippen molar-refractivity contribution in [2.24, 2.45) is 17.3 Å². The fourth-order valence-corrected chi connectivity index (χ4v) is 5.77. The summed E-state index contributed by atoms with van der Waals surface area (Å²) < 4.78 is 0. The number of fused-ring (bicyclic) bond motifs is 5. The van der Waals surface area contributed by atoms with Crippen LogP contribution in [0.25, 0.3) is 0 Å². The van der Waals surface area contributed by atoms with Gasteiger partial charge in [-0.2, -0.15) is 0 Å². The van der Waals surface area contributed by atoms with Gasteiger partial charge in [0.05, 0.1) is 25.0 Å². The molecule has 3 aliphatic carbocycles. The van der Waals surface area contributed by atoms with Gasteiger partial charge >= 0.3 is 11.9 Å². The van der Waals surface area contributed by atoms with Crippen LogP contribution < -0.4 is 0 Å². The van der Waals surface area contributed by atoms with Crippen molar-refractivity contribution in [3.8, 4) is 5.75 Å². The van der Waals surface area contributed by atoms with Crippen molar-refractivity contribution in [2.45, 2.75) is 70.0 Å². The lowest BCUT2D eigenvalue weighted by Crippen LogP contribution is -2.44. The largest absolute Gasteiger partial charge is 0.508 e. The number of hydrogen-bond acceptors (Lipinski definition) is 5. The first kappa shape index (κ1) is 21.6. The van der Waals surface area contributed by atoms with Gasteiger partial charge in [0.25, 0.3) is 0 Å². The Morgan fingerprint density at radius 3 is 2.38 bits per heavy atom. The van der Waals surface area contributed by atoms with Crippen molar-refractivity contribution < 1.29 is 35.1 Å². The average Bonchev–Trinajstić information content (AvgIpc) is 2.90. The Bertz CT molecular complexity index is 762. The highest BCUT2D eigenvalue weighted by Gasteiger charge is 2.57. The highest BCUT2D eigenvalue weighted by molar-refractivity contribution is 5.75. The Morgan fingerprint density at radius 1 is 1.10 bits per heavy atom. The van der Waals surface area contributed by atoms with Crippen LogP contribution in [-0.4, -0.2) is 49.7 Å². The minimum atomic E-state index is -1.08. The number of phenols is 1. The molecule has 0 unspecified atom stereocenters. The van der Waals surface area contributed by atoms with E-state index in [1.165, 1.54) is 11.1 Å². The second-order valence-corrected chi connectivity index (χ2v) is 8.88. The summed E-state index contributed by atoms with van der Waals surface area (Å²) in [6, 6.07) is 5.80. The van der Waals surface area contributed by atoms with E-state index in [4.69, 9.17) is 10.2 Å². The van der Waals surface area contributed by atoms with Crippen LogP contribution in [0.4, 0.5) is 0 Å². The fourth-order valence-electron chi connectivity index (χ4n) is 5.77. The van der Waals surface area contributed by atoms with Crippen molar-refractivity contribution in [3.05, 3.63) is 29.3 Å². The summed E-state index contributed by atoms with van der Waals surface area (Å²) in [6.45, 7) is 2.17. The number of aliphatic hydroxyl groups is 2. The molecule has 2 saturated carbocycles. The van der Waals surface area contributed by atoms with Gasteiger partial charge in [-0.05, 0) is 78.5 Å². The molecule has 1 aromatic rings. The molecule has 0 aliphatic heterocycles. The van der Waals surface area contributed by atoms with Gasteiger partial charge < -0.3 is 25.5 Å². The molecule has 3 aliphatic rings. The number of hydrogen-bond donors (Lipinski definition) is 5. The fraction of sp³-hybridized carbons (Fsp3) is 0.636.